The number of hydrogen-bond acceptors (Lipinski definition) is 3. The van der Waals surface area contributed by atoms with Crippen molar-refractivity contribution in [3.63, 3.8) is 0 Å². The number of rotatable bonds is 3. The van der Waals surface area contributed by atoms with Crippen molar-refractivity contribution < 1.29 is 0 Å². The summed E-state index contributed by atoms with van der Waals surface area (Å²) in [6, 6.07) is 46.3. The van der Waals surface area contributed by atoms with Crippen LogP contribution in [0.3, 0.4) is 0 Å². The zero-order valence-corrected chi connectivity index (χ0v) is 29.6. The molecule has 0 N–H and O–H groups in total. The Labute approximate surface area is 295 Å². The molecule has 242 valence electrons. The third-order valence-electron chi connectivity index (χ3n) is 11.3. The molecule has 0 unspecified atom stereocenters. The maximum atomic E-state index is 5.30. The highest BCUT2D eigenvalue weighted by Crippen LogP contribution is 2.49. The zero-order chi connectivity index (χ0) is 33.8. The van der Waals surface area contributed by atoms with Crippen LogP contribution in [0.25, 0.3) is 81.2 Å². The summed E-state index contributed by atoms with van der Waals surface area (Å²) in [5, 5.41) is 5.17. The molecular formula is C46H37N3S. The van der Waals surface area contributed by atoms with Crippen molar-refractivity contribution in [2.75, 3.05) is 0 Å². The van der Waals surface area contributed by atoms with Crippen LogP contribution < -0.4 is 0 Å². The predicted octanol–water partition coefficient (Wildman–Crippen LogP) is 12.8. The maximum absolute atomic E-state index is 5.30. The topological polar surface area (TPSA) is 30.7 Å². The molecule has 3 heterocycles. The first-order valence-electron chi connectivity index (χ1n) is 17.6. The molecule has 0 bridgehead atoms. The van der Waals surface area contributed by atoms with E-state index < -0.39 is 0 Å². The van der Waals surface area contributed by atoms with E-state index in [9.17, 15) is 0 Å². The molecule has 0 fully saturated rings. The van der Waals surface area contributed by atoms with Crippen molar-refractivity contribution in [1.29, 1.82) is 0 Å². The summed E-state index contributed by atoms with van der Waals surface area (Å²) < 4.78 is 4.99. The molecule has 9 aromatic rings. The Hall–Kier alpha value is -5.32. The molecule has 4 heteroatoms. The molecule has 0 aliphatic heterocycles. The molecular weight excluding hydrogens is 627 g/mol. The second-order valence-corrected chi connectivity index (χ2v) is 16.3. The SMILES string of the molecule is CC1(C)CCC(C)(C)c2cc3c(cc21)c1ccccc1n3-c1ccc(-c2nc3ccccc3nc2-c2cccc3c2sc2ccccc23)cc1. The maximum Gasteiger partial charge on any atom is 0.0987 e. The van der Waals surface area contributed by atoms with Gasteiger partial charge < -0.3 is 4.57 Å². The van der Waals surface area contributed by atoms with Gasteiger partial charge in [-0.2, -0.15) is 0 Å². The van der Waals surface area contributed by atoms with Gasteiger partial charge in [-0.25, -0.2) is 9.97 Å². The smallest absolute Gasteiger partial charge is 0.0987 e. The summed E-state index contributed by atoms with van der Waals surface area (Å²) >= 11 is 1.83. The molecule has 10 rings (SSSR count). The highest BCUT2D eigenvalue weighted by atomic mass is 32.1. The van der Waals surface area contributed by atoms with E-state index in [1.165, 1.54) is 65.9 Å². The summed E-state index contributed by atoms with van der Waals surface area (Å²) in [6.07, 6.45) is 2.40. The van der Waals surface area contributed by atoms with Crippen molar-refractivity contribution >= 4 is 64.3 Å². The number of benzene rings is 6. The molecule has 3 aromatic heterocycles. The normalized spacial score (nSPS) is 15.4. The van der Waals surface area contributed by atoms with Gasteiger partial charge in [-0.15, -0.1) is 11.3 Å². The van der Waals surface area contributed by atoms with Crippen molar-refractivity contribution in [2.24, 2.45) is 0 Å². The average Bonchev–Trinajstić information content (AvgIpc) is 3.68. The minimum atomic E-state index is 0.132. The molecule has 0 radical (unpaired) electrons. The molecule has 50 heavy (non-hydrogen) atoms. The number of fused-ring (bicyclic) bond motifs is 8. The fourth-order valence-corrected chi connectivity index (χ4v) is 9.62. The highest BCUT2D eigenvalue weighted by Gasteiger charge is 2.37. The lowest BCUT2D eigenvalue weighted by molar-refractivity contribution is 0.332. The molecule has 0 saturated heterocycles. The Bertz CT molecular complexity index is 2810. The summed E-state index contributed by atoms with van der Waals surface area (Å²) in [5.41, 5.74) is 12.7. The zero-order valence-electron chi connectivity index (χ0n) is 28.8. The van der Waals surface area contributed by atoms with E-state index in [0.29, 0.717) is 0 Å². The quantitative estimate of drug-likeness (QED) is 0.188. The van der Waals surface area contributed by atoms with Crippen LogP contribution in [0.2, 0.25) is 0 Å². The van der Waals surface area contributed by atoms with Gasteiger partial charge in [0.15, 0.2) is 0 Å². The number of para-hydroxylation sites is 3. The lowest BCUT2D eigenvalue weighted by Crippen LogP contribution is -2.33. The monoisotopic (exact) mass is 663 g/mol. The van der Waals surface area contributed by atoms with Gasteiger partial charge in [-0.1, -0.05) is 107 Å². The summed E-state index contributed by atoms with van der Waals surface area (Å²) in [4.78, 5) is 10.6. The third-order valence-corrected chi connectivity index (χ3v) is 12.5. The van der Waals surface area contributed by atoms with E-state index in [0.717, 1.165) is 39.2 Å². The van der Waals surface area contributed by atoms with E-state index >= 15 is 0 Å². The van der Waals surface area contributed by atoms with E-state index in [2.05, 4.69) is 148 Å². The van der Waals surface area contributed by atoms with Gasteiger partial charge in [-0.3, -0.25) is 0 Å². The van der Waals surface area contributed by atoms with Crippen molar-refractivity contribution in [3.8, 4) is 28.2 Å². The fourth-order valence-electron chi connectivity index (χ4n) is 8.40. The Morgan fingerprint density at radius 2 is 1.16 bits per heavy atom. The van der Waals surface area contributed by atoms with Gasteiger partial charge in [0.2, 0.25) is 0 Å². The summed E-state index contributed by atoms with van der Waals surface area (Å²) in [6.45, 7) is 9.65. The van der Waals surface area contributed by atoms with Gasteiger partial charge in [-0.05, 0) is 83.3 Å². The Morgan fingerprint density at radius 3 is 1.92 bits per heavy atom. The van der Waals surface area contributed by atoms with E-state index in [1.807, 2.05) is 23.5 Å². The van der Waals surface area contributed by atoms with Gasteiger partial charge >= 0.3 is 0 Å². The minimum Gasteiger partial charge on any atom is -0.309 e. The van der Waals surface area contributed by atoms with Crippen molar-refractivity contribution in [1.82, 2.24) is 14.5 Å². The minimum absolute atomic E-state index is 0.132. The van der Waals surface area contributed by atoms with Gasteiger partial charge in [0.1, 0.15) is 0 Å². The Morgan fingerprint density at radius 1 is 0.540 bits per heavy atom. The highest BCUT2D eigenvalue weighted by molar-refractivity contribution is 7.26. The van der Waals surface area contributed by atoms with Crippen LogP contribution in [0.4, 0.5) is 0 Å². The molecule has 0 saturated carbocycles. The van der Waals surface area contributed by atoms with Crippen LogP contribution in [0.15, 0.2) is 127 Å². The van der Waals surface area contributed by atoms with Gasteiger partial charge in [0, 0.05) is 47.8 Å². The van der Waals surface area contributed by atoms with Crippen LogP contribution in [-0.2, 0) is 10.8 Å². The third kappa shape index (κ3) is 4.34. The summed E-state index contributed by atoms with van der Waals surface area (Å²) in [7, 11) is 0. The predicted molar refractivity (Wildman–Crippen MR) is 213 cm³/mol. The number of aromatic nitrogens is 3. The molecule has 1 aliphatic rings. The molecule has 0 spiro atoms. The average molecular weight is 664 g/mol. The van der Waals surface area contributed by atoms with Crippen molar-refractivity contribution in [3.05, 3.63) is 139 Å². The molecule has 3 nitrogen and oxygen atoms in total. The lowest BCUT2D eigenvalue weighted by Gasteiger charge is -2.42. The van der Waals surface area contributed by atoms with Crippen LogP contribution in [0, 0.1) is 0 Å². The second kappa shape index (κ2) is 10.6. The fraction of sp³-hybridized carbons (Fsp3) is 0.174. The van der Waals surface area contributed by atoms with E-state index in [1.54, 1.807) is 0 Å². The van der Waals surface area contributed by atoms with E-state index in [-0.39, 0.29) is 10.8 Å². The Kier molecular flexibility index (Phi) is 6.27. The number of nitrogens with zero attached hydrogens (tertiary/aromatic N) is 3. The van der Waals surface area contributed by atoms with E-state index in [4.69, 9.17) is 9.97 Å². The molecule has 6 aromatic carbocycles. The van der Waals surface area contributed by atoms with Gasteiger partial charge in [0.05, 0.1) is 33.5 Å². The van der Waals surface area contributed by atoms with Gasteiger partial charge in [0.25, 0.3) is 0 Å². The van der Waals surface area contributed by atoms with Crippen LogP contribution >= 0.6 is 11.3 Å². The summed E-state index contributed by atoms with van der Waals surface area (Å²) in [5.74, 6) is 0. The Balaban J connectivity index is 1.18. The largest absolute Gasteiger partial charge is 0.309 e. The first-order chi connectivity index (χ1) is 24.3. The first kappa shape index (κ1) is 29.6. The number of thiophene rings is 1. The van der Waals surface area contributed by atoms with Crippen LogP contribution in [0.1, 0.15) is 51.7 Å². The molecule has 1 aliphatic carbocycles. The molecule has 0 atom stereocenters. The number of hydrogen-bond donors (Lipinski definition) is 0. The van der Waals surface area contributed by atoms with Crippen LogP contribution in [-0.4, -0.2) is 14.5 Å². The molecule has 0 amide bonds. The standard InChI is InChI=1S/C46H37N3S/c1-45(2)24-25-46(3,4)36-27-40-34(26-35(36)45)30-12-5-9-18-39(30)49(40)29-22-20-28(21-23-29)42-43(48-38-17-8-7-16-37(38)47-42)33-15-11-14-32-31-13-6-10-19-41(31)50-44(32)33/h5-23,26-27H,24-25H2,1-4H3. The second-order valence-electron chi connectivity index (χ2n) is 15.3. The van der Waals surface area contributed by atoms with Crippen molar-refractivity contribution in [2.45, 2.75) is 51.4 Å². The lowest BCUT2D eigenvalue weighted by atomic mass is 9.63. The first-order valence-corrected chi connectivity index (χ1v) is 18.4. The van der Waals surface area contributed by atoms with Crippen LogP contribution in [0.5, 0.6) is 0 Å².